The fourth-order valence-electron chi connectivity index (χ4n) is 2.78. The Morgan fingerprint density at radius 1 is 1.08 bits per heavy atom. The van der Waals surface area contributed by atoms with Crippen molar-refractivity contribution in [2.45, 2.75) is 0 Å². The summed E-state index contributed by atoms with van der Waals surface area (Å²) in [4.78, 5) is 32.0. The number of carbonyl (C=O) groups is 1. The molecule has 2 amide bonds. The van der Waals surface area contributed by atoms with E-state index in [4.69, 9.17) is 0 Å². The van der Waals surface area contributed by atoms with E-state index >= 15 is 0 Å². The molecule has 8 heteroatoms. The number of urea groups is 1. The molecule has 0 atom stereocenters. The van der Waals surface area contributed by atoms with Crippen molar-refractivity contribution in [1.82, 2.24) is 24.8 Å². The molecule has 1 aliphatic rings. The van der Waals surface area contributed by atoms with Crippen LogP contribution in [-0.4, -0.2) is 57.0 Å². The van der Waals surface area contributed by atoms with E-state index in [-0.39, 0.29) is 6.03 Å². The average molecular weight is 323 g/mol. The quantitative estimate of drug-likeness (QED) is 0.749. The minimum absolute atomic E-state index is 0.0949. The van der Waals surface area contributed by atoms with Crippen LogP contribution in [0.1, 0.15) is 0 Å². The molecule has 0 aliphatic carbocycles. The first-order chi connectivity index (χ1) is 11.8. The number of hydrogen-bond donors (Lipinski definition) is 2. The van der Waals surface area contributed by atoms with Gasteiger partial charge in [0.1, 0.15) is 0 Å². The van der Waals surface area contributed by atoms with Crippen LogP contribution in [0.2, 0.25) is 0 Å². The zero-order valence-electron chi connectivity index (χ0n) is 13.0. The fourth-order valence-corrected chi connectivity index (χ4v) is 2.78. The first-order valence-electron chi connectivity index (χ1n) is 7.81. The van der Waals surface area contributed by atoms with Crippen LogP contribution >= 0.6 is 0 Å². The van der Waals surface area contributed by atoms with Crippen LogP contribution in [-0.2, 0) is 0 Å². The Kier molecular flexibility index (Phi) is 3.70. The van der Waals surface area contributed by atoms with Gasteiger partial charge in [-0.25, -0.2) is 19.7 Å². The lowest BCUT2D eigenvalue weighted by Gasteiger charge is -2.34. The molecule has 1 saturated heterocycles. The summed E-state index contributed by atoms with van der Waals surface area (Å²) >= 11 is 0. The van der Waals surface area contributed by atoms with Crippen LogP contribution in [0.15, 0.2) is 43.0 Å². The highest BCUT2D eigenvalue weighted by Crippen LogP contribution is 2.17. The molecule has 0 radical (unpaired) electrons. The first kappa shape index (κ1) is 14.4. The van der Waals surface area contributed by atoms with Crippen LogP contribution in [0.4, 0.5) is 16.4 Å². The lowest BCUT2D eigenvalue weighted by molar-refractivity contribution is 0.208. The van der Waals surface area contributed by atoms with E-state index in [0.29, 0.717) is 19.0 Å². The number of imidazole rings is 1. The van der Waals surface area contributed by atoms with E-state index in [1.54, 1.807) is 29.7 Å². The Morgan fingerprint density at radius 2 is 1.88 bits per heavy atom. The molecule has 2 aromatic heterocycles. The molecule has 24 heavy (non-hydrogen) atoms. The summed E-state index contributed by atoms with van der Waals surface area (Å²) in [6, 6.07) is 7.32. The number of aromatic amines is 1. The highest BCUT2D eigenvalue weighted by Gasteiger charge is 2.22. The van der Waals surface area contributed by atoms with E-state index in [1.165, 1.54) is 0 Å². The third kappa shape index (κ3) is 2.85. The van der Waals surface area contributed by atoms with E-state index in [9.17, 15) is 4.79 Å². The Hall–Kier alpha value is -3.16. The summed E-state index contributed by atoms with van der Waals surface area (Å²) in [5.41, 5.74) is 2.54. The Labute approximate surface area is 138 Å². The van der Waals surface area contributed by atoms with E-state index in [0.717, 1.165) is 29.8 Å². The SMILES string of the molecule is O=C(Nc1ccc2nc[nH]c2c1)N1CCN(c2ncccn2)CC1. The van der Waals surface area contributed by atoms with Gasteiger partial charge in [0.05, 0.1) is 17.4 Å². The number of aromatic nitrogens is 4. The second-order valence-electron chi connectivity index (χ2n) is 5.59. The average Bonchev–Trinajstić information content (AvgIpc) is 3.10. The van der Waals surface area contributed by atoms with E-state index < -0.39 is 0 Å². The topological polar surface area (TPSA) is 90.0 Å². The molecule has 1 aliphatic heterocycles. The highest BCUT2D eigenvalue weighted by molar-refractivity contribution is 5.92. The number of piperazine rings is 1. The molecule has 3 heterocycles. The molecule has 3 aromatic rings. The van der Waals surface area contributed by atoms with Crippen molar-refractivity contribution in [2.24, 2.45) is 0 Å². The molecular formula is C16H17N7O. The van der Waals surface area contributed by atoms with Gasteiger partial charge in [0.2, 0.25) is 5.95 Å². The Balaban J connectivity index is 1.37. The standard InChI is InChI=1S/C16H17N7O/c24-16(21-12-2-3-13-14(10-12)20-11-19-13)23-8-6-22(7-9-23)15-17-4-1-5-18-15/h1-5,10-11H,6-9H2,(H,19,20)(H,21,24). The minimum atomic E-state index is -0.0949. The number of fused-ring (bicyclic) bond motifs is 1. The van der Waals surface area contributed by atoms with Gasteiger partial charge in [-0.05, 0) is 24.3 Å². The number of amides is 2. The zero-order valence-corrected chi connectivity index (χ0v) is 13.0. The molecule has 0 spiro atoms. The minimum Gasteiger partial charge on any atom is -0.345 e. The molecule has 0 bridgehead atoms. The van der Waals surface area contributed by atoms with Gasteiger partial charge in [-0.1, -0.05) is 0 Å². The maximum atomic E-state index is 12.4. The molecular weight excluding hydrogens is 306 g/mol. The number of benzene rings is 1. The molecule has 122 valence electrons. The summed E-state index contributed by atoms with van der Waals surface area (Å²) in [7, 11) is 0. The maximum absolute atomic E-state index is 12.4. The van der Waals surface area contributed by atoms with Crippen molar-refractivity contribution in [2.75, 3.05) is 36.4 Å². The lowest BCUT2D eigenvalue weighted by Crippen LogP contribution is -2.50. The van der Waals surface area contributed by atoms with Crippen LogP contribution < -0.4 is 10.2 Å². The normalized spacial score (nSPS) is 14.8. The largest absolute Gasteiger partial charge is 0.345 e. The van der Waals surface area contributed by atoms with Crippen molar-refractivity contribution in [3.63, 3.8) is 0 Å². The van der Waals surface area contributed by atoms with E-state index in [2.05, 4.69) is 30.2 Å². The van der Waals surface area contributed by atoms with Gasteiger partial charge in [-0.15, -0.1) is 0 Å². The monoisotopic (exact) mass is 323 g/mol. The second kappa shape index (κ2) is 6.15. The predicted octanol–water partition coefficient (Wildman–Crippen LogP) is 1.71. The zero-order chi connectivity index (χ0) is 16.4. The van der Waals surface area contributed by atoms with Gasteiger partial charge >= 0.3 is 6.03 Å². The number of carbonyl (C=O) groups excluding carboxylic acids is 1. The molecule has 0 unspecified atom stereocenters. The Bertz CT molecular complexity index is 840. The smallest absolute Gasteiger partial charge is 0.321 e. The molecule has 0 saturated carbocycles. The van der Waals surface area contributed by atoms with Crippen LogP contribution in [0.3, 0.4) is 0 Å². The number of hydrogen-bond acceptors (Lipinski definition) is 5. The van der Waals surface area contributed by atoms with Gasteiger partial charge in [-0.2, -0.15) is 0 Å². The number of rotatable bonds is 2. The number of H-pyrrole nitrogens is 1. The summed E-state index contributed by atoms with van der Waals surface area (Å²) in [6.07, 6.45) is 5.10. The van der Waals surface area contributed by atoms with Gasteiger partial charge in [0.25, 0.3) is 0 Å². The number of nitrogens with zero attached hydrogens (tertiary/aromatic N) is 5. The fraction of sp³-hybridized carbons (Fsp3) is 0.250. The van der Waals surface area contributed by atoms with Crippen LogP contribution in [0.25, 0.3) is 11.0 Å². The van der Waals surface area contributed by atoms with Crippen molar-refractivity contribution < 1.29 is 4.79 Å². The van der Waals surface area contributed by atoms with Crippen LogP contribution in [0.5, 0.6) is 0 Å². The van der Waals surface area contributed by atoms with Crippen molar-refractivity contribution in [1.29, 1.82) is 0 Å². The van der Waals surface area contributed by atoms with Gasteiger partial charge in [0.15, 0.2) is 0 Å². The highest BCUT2D eigenvalue weighted by atomic mass is 16.2. The summed E-state index contributed by atoms with van der Waals surface area (Å²) < 4.78 is 0. The lowest BCUT2D eigenvalue weighted by atomic mass is 10.2. The maximum Gasteiger partial charge on any atom is 0.321 e. The third-order valence-corrected chi connectivity index (χ3v) is 4.07. The first-order valence-corrected chi connectivity index (χ1v) is 7.81. The predicted molar refractivity (Wildman–Crippen MR) is 90.9 cm³/mol. The molecule has 1 fully saturated rings. The van der Waals surface area contributed by atoms with Gasteiger partial charge in [0, 0.05) is 44.3 Å². The summed E-state index contributed by atoms with van der Waals surface area (Å²) in [5, 5.41) is 2.94. The number of nitrogens with one attached hydrogen (secondary N) is 2. The van der Waals surface area contributed by atoms with Gasteiger partial charge < -0.3 is 20.1 Å². The number of anilines is 2. The van der Waals surface area contributed by atoms with Crippen molar-refractivity contribution >= 4 is 28.7 Å². The molecule has 2 N–H and O–H groups in total. The molecule has 8 nitrogen and oxygen atoms in total. The molecule has 4 rings (SSSR count). The summed E-state index contributed by atoms with van der Waals surface area (Å²) in [6.45, 7) is 2.71. The van der Waals surface area contributed by atoms with E-state index in [1.807, 2.05) is 18.2 Å². The van der Waals surface area contributed by atoms with Crippen LogP contribution in [0, 0.1) is 0 Å². The van der Waals surface area contributed by atoms with Crippen molar-refractivity contribution in [3.8, 4) is 0 Å². The Morgan fingerprint density at radius 3 is 2.67 bits per heavy atom. The molecule has 1 aromatic carbocycles. The third-order valence-electron chi connectivity index (χ3n) is 4.07. The second-order valence-corrected chi connectivity index (χ2v) is 5.59. The summed E-state index contributed by atoms with van der Waals surface area (Å²) in [5.74, 6) is 0.710. The van der Waals surface area contributed by atoms with Crippen molar-refractivity contribution in [3.05, 3.63) is 43.0 Å². The van der Waals surface area contributed by atoms with Gasteiger partial charge in [-0.3, -0.25) is 0 Å².